The molecule has 0 aliphatic carbocycles. The summed E-state index contributed by atoms with van der Waals surface area (Å²) in [4.78, 5) is 7.79. The smallest absolute Gasteiger partial charge is 0.0366 e. The van der Waals surface area contributed by atoms with E-state index < -0.39 is 0 Å². The molecule has 2 aliphatic heterocycles. The van der Waals surface area contributed by atoms with Crippen molar-refractivity contribution in [2.75, 3.05) is 50.7 Å². The second-order valence-electron chi connectivity index (χ2n) is 8.07. The molecule has 0 amide bonds. The van der Waals surface area contributed by atoms with Gasteiger partial charge in [0.05, 0.1) is 0 Å². The fourth-order valence-corrected chi connectivity index (χ4v) is 3.62. The van der Waals surface area contributed by atoms with Crippen LogP contribution in [0.25, 0.3) is 0 Å². The van der Waals surface area contributed by atoms with E-state index in [-0.39, 0.29) is 0 Å². The average Bonchev–Trinajstić information content (AvgIpc) is 2.43. The van der Waals surface area contributed by atoms with Crippen molar-refractivity contribution >= 4 is 5.69 Å². The number of piperazine rings is 1. The minimum atomic E-state index is 0.324. The zero-order valence-electron chi connectivity index (χ0n) is 14.7. The summed E-state index contributed by atoms with van der Waals surface area (Å²) in [7, 11) is 0. The second kappa shape index (κ2) is 6.21. The molecule has 0 unspecified atom stereocenters. The van der Waals surface area contributed by atoms with E-state index in [0.717, 1.165) is 5.92 Å². The van der Waals surface area contributed by atoms with Crippen LogP contribution in [0.2, 0.25) is 0 Å². The first-order valence-electron chi connectivity index (χ1n) is 8.71. The summed E-state index contributed by atoms with van der Waals surface area (Å²) < 4.78 is 0. The molecule has 3 rings (SSSR count). The van der Waals surface area contributed by atoms with Gasteiger partial charge in [-0.3, -0.25) is 4.90 Å². The van der Waals surface area contributed by atoms with E-state index in [4.69, 9.17) is 0 Å². The number of benzene rings is 1. The Morgan fingerprint density at radius 1 is 0.955 bits per heavy atom. The quantitative estimate of drug-likeness (QED) is 0.850. The highest BCUT2D eigenvalue weighted by molar-refractivity contribution is 5.49. The fourth-order valence-electron chi connectivity index (χ4n) is 3.62. The summed E-state index contributed by atoms with van der Waals surface area (Å²) in [5.41, 5.74) is 3.06. The Hall–Kier alpha value is -1.06. The van der Waals surface area contributed by atoms with Crippen LogP contribution in [0.1, 0.15) is 26.3 Å². The molecule has 2 aliphatic rings. The highest BCUT2D eigenvalue weighted by Crippen LogP contribution is 2.26. The van der Waals surface area contributed by atoms with Gasteiger partial charge < -0.3 is 9.80 Å². The first-order chi connectivity index (χ1) is 10.4. The maximum Gasteiger partial charge on any atom is 0.0366 e. The molecule has 0 atom stereocenters. The van der Waals surface area contributed by atoms with Gasteiger partial charge in [0.1, 0.15) is 0 Å². The Labute approximate surface area is 135 Å². The normalized spacial score (nSPS) is 21.9. The molecule has 0 N–H and O–H groups in total. The molecule has 1 aromatic rings. The van der Waals surface area contributed by atoms with Gasteiger partial charge in [-0.15, -0.1) is 0 Å². The predicted octanol–water partition coefficient (Wildman–Crippen LogP) is 2.85. The molecule has 0 radical (unpaired) electrons. The Kier molecular flexibility index (Phi) is 4.47. The van der Waals surface area contributed by atoms with Crippen molar-refractivity contribution in [3.8, 4) is 0 Å². The predicted molar refractivity (Wildman–Crippen MR) is 94.6 cm³/mol. The molecule has 0 saturated carbocycles. The average molecular weight is 301 g/mol. The van der Waals surface area contributed by atoms with Crippen molar-refractivity contribution in [1.29, 1.82) is 0 Å². The molecule has 2 saturated heterocycles. The molecule has 22 heavy (non-hydrogen) atoms. The lowest BCUT2D eigenvalue weighted by molar-refractivity contribution is 0.0530. The largest absolute Gasteiger partial charge is 0.371 e. The van der Waals surface area contributed by atoms with Crippen LogP contribution >= 0.6 is 0 Å². The lowest BCUT2D eigenvalue weighted by Gasteiger charge is -2.46. The van der Waals surface area contributed by atoms with Crippen LogP contribution in [0, 0.1) is 12.8 Å². The fraction of sp³-hybridized carbons (Fsp3) is 0.684. The maximum atomic E-state index is 2.67. The van der Waals surface area contributed by atoms with E-state index in [1.54, 1.807) is 0 Å². The van der Waals surface area contributed by atoms with E-state index in [1.807, 2.05) is 0 Å². The van der Waals surface area contributed by atoms with E-state index in [1.165, 1.54) is 57.1 Å². The highest BCUT2D eigenvalue weighted by atomic mass is 15.3. The summed E-state index contributed by atoms with van der Waals surface area (Å²) in [6.07, 6.45) is 0. The third kappa shape index (κ3) is 3.64. The monoisotopic (exact) mass is 301 g/mol. The van der Waals surface area contributed by atoms with Gasteiger partial charge in [0.2, 0.25) is 0 Å². The number of hydrogen-bond acceptors (Lipinski definition) is 3. The molecule has 0 aromatic heterocycles. The number of rotatable bonds is 3. The van der Waals surface area contributed by atoms with Crippen LogP contribution in [0.5, 0.6) is 0 Å². The summed E-state index contributed by atoms with van der Waals surface area (Å²) in [5.74, 6) is 0.850. The lowest BCUT2D eigenvalue weighted by Crippen LogP contribution is -2.57. The van der Waals surface area contributed by atoms with Crippen LogP contribution in [0.4, 0.5) is 5.69 Å². The molecule has 0 bridgehead atoms. The summed E-state index contributed by atoms with van der Waals surface area (Å²) in [6, 6.07) is 8.95. The van der Waals surface area contributed by atoms with Crippen LogP contribution in [0.15, 0.2) is 24.3 Å². The Bertz CT molecular complexity index is 474. The van der Waals surface area contributed by atoms with Crippen LogP contribution in [-0.4, -0.2) is 61.2 Å². The van der Waals surface area contributed by atoms with Gasteiger partial charge in [-0.1, -0.05) is 17.7 Å². The SMILES string of the molecule is Cc1ccc(N2CC(CN3CCN(C(C)(C)C)CC3)C2)cc1. The maximum absolute atomic E-state index is 2.67. The van der Waals surface area contributed by atoms with Gasteiger partial charge in [-0.2, -0.15) is 0 Å². The Balaban J connectivity index is 1.41. The molecule has 1 aromatic carbocycles. The number of anilines is 1. The Morgan fingerprint density at radius 3 is 2.09 bits per heavy atom. The van der Waals surface area contributed by atoms with Gasteiger partial charge >= 0.3 is 0 Å². The number of aryl methyl sites for hydroxylation is 1. The molecule has 3 heteroatoms. The van der Waals surface area contributed by atoms with Gasteiger partial charge in [0.25, 0.3) is 0 Å². The standard InChI is InChI=1S/C19H31N3/c1-16-5-7-18(8-6-16)21-14-17(15-21)13-20-9-11-22(12-10-20)19(2,3)4/h5-8,17H,9-15H2,1-4H3. The molecule has 122 valence electrons. The molecular weight excluding hydrogens is 270 g/mol. The molecule has 2 heterocycles. The summed E-state index contributed by atoms with van der Waals surface area (Å²) in [5, 5.41) is 0. The first-order valence-corrected chi connectivity index (χ1v) is 8.71. The van der Waals surface area contributed by atoms with Gasteiger partial charge in [0.15, 0.2) is 0 Å². The molecule has 0 spiro atoms. The summed E-state index contributed by atoms with van der Waals surface area (Å²) in [6.45, 7) is 17.8. The van der Waals surface area contributed by atoms with Crippen molar-refractivity contribution in [2.24, 2.45) is 5.92 Å². The third-order valence-electron chi connectivity index (χ3n) is 5.19. The number of nitrogens with zero attached hydrogens (tertiary/aromatic N) is 3. The van der Waals surface area contributed by atoms with E-state index in [2.05, 4.69) is 66.7 Å². The Morgan fingerprint density at radius 2 is 1.55 bits per heavy atom. The van der Waals surface area contributed by atoms with Crippen molar-refractivity contribution in [2.45, 2.75) is 33.2 Å². The highest BCUT2D eigenvalue weighted by Gasteiger charge is 2.31. The van der Waals surface area contributed by atoms with Crippen molar-refractivity contribution in [1.82, 2.24) is 9.80 Å². The topological polar surface area (TPSA) is 9.72 Å². The molecular formula is C19H31N3. The van der Waals surface area contributed by atoms with E-state index >= 15 is 0 Å². The van der Waals surface area contributed by atoms with Crippen molar-refractivity contribution in [3.05, 3.63) is 29.8 Å². The summed E-state index contributed by atoms with van der Waals surface area (Å²) >= 11 is 0. The van der Waals surface area contributed by atoms with Crippen molar-refractivity contribution < 1.29 is 0 Å². The minimum absolute atomic E-state index is 0.324. The molecule has 3 nitrogen and oxygen atoms in total. The zero-order valence-corrected chi connectivity index (χ0v) is 14.7. The van der Waals surface area contributed by atoms with Crippen LogP contribution in [-0.2, 0) is 0 Å². The van der Waals surface area contributed by atoms with Crippen LogP contribution in [0.3, 0.4) is 0 Å². The van der Waals surface area contributed by atoms with Gasteiger partial charge in [-0.05, 0) is 39.8 Å². The second-order valence-corrected chi connectivity index (χ2v) is 8.07. The van der Waals surface area contributed by atoms with E-state index in [9.17, 15) is 0 Å². The minimum Gasteiger partial charge on any atom is -0.371 e. The van der Waals surface area contributed by atoms with Crippen LogP contribution < -0.4 is 4.90 Å². The third-order valence-corrected chi connectivity index (χ3v) is 5.19. The zero-order chi connectivity index (χ0) is 15.7. The molecule has 2 fully saturated rings. The first kappa shape index (κ1) is 15.8. The van der Waals surface area contributed by atoms with E-state index in [0.29, 0.717) is 5.54 Å². The lowest BCUT2D eigenvalue weighted by atomic mass is 9.97. The number of hydrogen-bond donors (Lipinski definition) is 0. The van der Waals surface area contributed by atoms with Gasteiger partial charge in [-0.25, -0.2) is 0 Å². The van der Waals surface area contributed by atoms with Crippen molar-refractivity contribution in [3.63, 3.8) is 0 Å². The van der Waals surface area contributed by atoms with Gasteiger partial charge in [0, 0.05) is 63.0 Å².